The first-order chi connectivity index (χ1) is 35.0. The van der Waals surface area contributed by atoms with E-state index in [2.05, 4.69) is 269 Å². The van der Waals surface area contributed by atoms with Gasteiger partial charge >= 0.3 is 0 Å². The van der Waals surface area contributed by atoms with Crippen molar-refractivity contribution in [1.29, 1.82) is 0 Å². The van der Waals surface area contributed by atoms with Gasteiger partial charge in [-0.15, -0.1) is 11.3 Å². The Hall–Kier alpha value is -6.56. The summed E-state index contributed by atoms with van der Waals surface area (Å²) in [7, 11) is 0. The van der Waals surface area contributed by atoms with E-state index in [1.165, 1.54) is 117 Å². The lowest BCUT2D eigenvalue weighted by atomic mass is 9.36. The lowest BCUT2D eigenvalue weighted by molar-refractivity contribution is 0.332. The van der Waals surface area contributed by atoms with Gasteiger partial charge in [-0.3, -0.25) is 0 Å². The van der Waals surface area contributed by atoms with Crippen molar-refractivity contribution in [2.45, 2.75) is 137 Å². The largest absolute Gasteiger partial charge is 0.311 e. The molecule has 0 N–H and O–H groups in total. The van der Waals surface area contributed by atoms with E-state index in [0.717, 1.165) is 17.1 Å². The van der Waals surface area contributed by atoms with Crippen molar-refractivity contribution < 1.29 is 0 Å². The molecule has 3 nitrogen and oxygen atoms in total. The first-order valence-electron chi connectivity index (χ1n) is 27.1. The zero-order valence-corrected chi connectivity index (χ0v) is 47.1. The van der Waals surface area contributed by atoms with Crippen LogP contribution in [0.3, 0.4) is 0 Å². The molecule has 3 heterocycles. The quantitative estimate of drug-likeness (QED) is 0.159. The third-order valence-corrected chi connectivity index (χ3v) is 18.2. The molecule has 0 spiro atoms. The number of anilines is 9. The Labute approximate surface area is 446 Å². The summed E-state index contributed by atoms with van der Waals surface area (Å²) >= 11 is 2.00. The fraction of sp³-hybridized carbons (Fsp3) is 0.304. The summed E-state index contributed by atoms with van der Waals surface area (Å²) in [4.78, 5) is 7.79. The lowest BCUT2D eigenvalue weighted by Crippen LogP contribution is -2.60. The van der Waals surface area contributed by atoms with E-state index >= 15 is 0 Å². The molecule has 2 aliphatic heterocycles. The predicted molar refractivity (Wildman–Crippen MR) is 324 cm³/mol. The minimum atomic E-state index is -0.0428. The van der Waals surface area contributed by atoms with E-state index < -0.39 is 0 Å². The van der Waals surface area contributed by atoms with Crippen LogP contribution in [0.4, 0.5) is 51.2 Å². The third-order valence-electron chi connectivity index (χ3n) is 17.0. The molecule has 5 heteroatoms. The first kappa shape index (κ1) is 48.4. The van der Waals surface area contributed by atoms with Crippen LogP contribution in [0.1, 0.15) is 136 Å². The van der Waals surface area contributed by atoms with Gasteiger partial charge in [0.15, 0.2) is 0 Å². The Balaban J connectivity index is 1.16. The summed E-state index contributed by atoms with van der Waals surface area (Å²) in [6.45, 7) is 33.0. The Bertz CT molecular complexity index is 3720. The molecule has 0 saturated heterocycles. The van der Waals surface area contributed by atoms with E-state index in [1.807, 2.05) is 11.3 Å². The van der Waals surface area contributed by atoms with Crippen LogP contribution < -0.4 is 30.4 Å². The summed E-state index contributed by atoms with van der Waals surface area (Å²) in [5, 5.41) is 3.77. The Kier molecular flexibility index (Phi) is 10.9. The highest BCUT2D eigenvalue weighted by atomic mass is 32.1. The minimum Gasteiger partial charge on any atom is -0.311 e. The molecule has 0 radical (unpaired) electrons. The number of benzene rings is 8. The van der Waals surface area contributed by atoms with E-state index in [0.29, 0.717) is 0 Å². The van der Waals surface area contributed by atoms with Crippen LogP contribution in [0.25, 0.3) is 20.9 Å². The number of aryl methyl sites for hydroxylation is 1. The van der Waals surface area contributed by atoms with Gasteiger partial charge in [0.05, 0.1) is 11.4 Å². The van der Waals surface area contributed by atoms with E-state index in [-0.39, 0.29) is 33.8 Å². The molecule has 3 aliphatic rings. The van der Waals surface area contributed by atoms with Gasteiger partial charge in [-0.1, -0.05) is 175 Å². The number of thiophene rings is 1. The van der Waals surface area contributed by atoms with Gasteiger partial charge in [-0.2, -0.15) is 0 Å². The minimum absolute atomic E-state index is 0.00138. The number of nitrogens with zero attached hydrogens (tertiary/aromatic N) is 3. The van der Waals surface area contributed by atoms with Gasteiger partial charge in [-0.05, 0) is 169 Å². The van der Waals surface area contributed by atoms with Crippen LogP contribution in [-0.2, 0) is 27.1 Å². The molecule has 0 bridgehead atoms. The van der Waals surface area contributed by atoms with Crippen LogP contribution in [0.2, 0.25) is 0 Å². The third kappa shape index (κ3) is 7.82. The topological polar surface area (TPSA) is 9.72 Å². The zero-order valence-electron chi connectivity index (χ0n) is 46.3. The molecule has 1 aliphatic carbocycles. The molecule has 9 aromatic rings. The van der Waals surface area contributed by atoms with Crippen molar-refractivity contribution in [3.05, 3.63) is 191 Å². The first-order valence-corrected chi connectivity index (χ1v) is 27.9. The number of rotatable bonds is 5. The molecule has 74 heavy (non-hydrogen) atoms. The summed E-state index contributed by atoms with van der Waals surface area (Å²) in [5.74, 6) is 0. The molecule has 1 aromatic heterocycles. The molecule has 0 fully saturated rings. The van der Waals surface area contributed by atoms with Crippen LogP contribution in [0.15, 0.2) is 158 Å². The van der Waals surface area contributed by atoms with E-state index in [4.69, 9.17) is 0 Å². The summed E-state index contributed by atoms with van der Waals surface area (Å²) < 4.78 is 2.75. The van der Waals surface area contributed by atoms with E-state index in [1.54, 1.807) is 0 Å². The second-order valence-electron chi connectivity index (χ2n) is 26.3. The molecule has 0 amide bonds. The zero-order chi connectivity index (χ0) is 52.0. The normalized spacial score (nSPS) is 15.7. The van der Waals surface area contributed by atoms with Crippen LogP contribution in [0, 0.1) is 6.92 Å². The summed E-state index contributed by atoms with van der Waals surface area (Å²) in [6, 6.07) is 61.4. The van der Waals surface area contributed by atoms with Crippen molar-refractivity contribution in [3.8, 4) is 0 Å². The molecule has 0 saturated carbocycles. The Morgan fingerprint density at radius 2 is 1.11 bits per heavy atom. The average Bonchev–Trinajstić information content (AvgIpc) is 3.73. The molecular weight excluding hydrogens is 914 g/mol. The highest BCUT2D eigenvalue weighted by Gasteiger charge is 2.47. The maximum Gasteiger partial charge on any atom is 0.264 e. The summed E-state index contributed by atoms with van der Waals surface area (Å²) in [5.41, 5.74) is 22.0. The number of hydrogen-bond donors (Lipinski definition) is 0. The SMILES string of the molecule is Cc1cc2c3c(c1)N(c1ccc4c(c1)C(C)(C)CCC4(C)C)c1c(sc4cc(C(C)(C)C)ccc14)B3c1ccc(N(c3ccc(C(C)(C)C)cc3)c3cccc4ccccc34)cc1N2c1cccc(C(C)(C)C)c1. The maximum absolute atomic E-state index is 2.68. The fourth-order valence-electron chi connectivity index (χ4n) is 12.5. The second kappa shape index (κ2) is 16.7. The molecule has 8 aromatic carbocycles. The van der Waals surface area contributed by atoms with Crippen molar-refractivity contribution in [3.63, 3.8) is 0 Å². The average molecular weight is 986 g/mol. The van der Waals surface area contributed by atoms with Gasteiger partial charge in [0.25, 0.3) is 6.71 Å². The van der Waals surface area contributed by atoms with Gasteiger partial charge in [0.2, 0.25) is 0 Å². The Morgan fingerprint density at radius 1 is 0.500 bits per heavy atom. The summed E-state index contributed by atoms with van der Waals surface area (Å²) in [6.07, 6.45) is 2.36. The number of hydrogen-bond acceptors (Lipinski definition) is 4. The molecule has 372 valence electrons. The smallest absolute Gasteiger partial charge is 0.264 e. The van der Waals surface area contributed by atoms with Gasteiger partial charge in [0.1, 0.15) is 0 Å². The number of fused-ring (bicyclic) bond motifs is 8. The highest BCUT2D eigenvalue weighted by molar-refractivity contribution is 7.33. The van der Waals surface area contributed by atoms with Crippen LogP contribution in [0.5, 0.6) is 0 Å². The second-order valence-corrected chi connectivity index (χ2v) is 27.4. The standard InChI is InChI=1S/C69H72BN3S/c1-43-37-59-62-60(38-43)73(50-30-33-54-55(41-50)69(13,14)36-35-68(54,11)12)63-53-32-27-47(67(8,9)10)40-61(53)74-64(63)70(62)56-34-31-51(42-58(56)72(59)49-22-18-21-46(39-49)66(5,6)7)71(48-28-25-45(26-29-48)65(2,3)4)57-24-17-20-44-19-15-16-23-52(44)57/h15-34,37-42H,35-36H2,1-14H3. The molecule has 0 atom stereocenters. The van der Waals surface area contributed by atoms with Gasteiger partial charge in [0, 0.05) is 60.1 Å². The fourth-order valence-corrected chi connectivity index (χ4v) is 13.9. The van der Waals surface area contributed by atoms with Crippen LogP contribution in [-0.4, -0.2) is 6.71 Å². The van der Waals surface area contributed by atoms with Crippen LogP contribution >= 0.6 is 11.3 Å². The molecule has 12 rings (SSSR count). The molecule has 0 unspecified atom stereocenters. The van der Waals surface area contributed by atoms with Crippen molar-refractivity contribution in [2.75, 3.05) is 14.7 Å². The highest BCUT2D eigenvalue weighted by Crippen LogP contribution is 2.53. The van der Waals surface area contributed by atoms with Crippen molar-refractivity contribution in [2.24, 2.45) is 0 Å². The monoisotopic (exact) mass is 986 g/mol. The van der Waals surface area contributed by atoms with Gasteiger partial charge < -0.3 is 14.7 Å². The van der Waals surface area contributed by atoms with Crippen molar-refractivity contribution >= 4 is 106 Å². The molecular formula is C69H72BN3S. The van der Waals surface area contributed by atoms with E-state index in [9.17, 15) is 0 Å². The maximum atomic E-state index is 2.68. The Morgan fingerprint density at radius 3 is 1.82 bits per heavy atom. The lowest BCUT2D eigenvalue weighted by Gasteiger charge is -2.45. The predicted octanol–water partition coefficient (Wildman–Crippen LogP) is 18.2. The van der Waals surface area contributed by atoms with Gasteiger partial charge in [-0.25, -0.2) is 0 Å². The van der Waals surface area contributed by atoms with Crippen molar-refractivity contribution in [1.82, 2.24) is 0 Å².